The molecule has 294 valence electrons. The smallest absolute Gasteiger partial charge is 0.217 e. The third kappa shape index (κ3) is 11.5. The quantitative estimate of drug-likeness (QED) is 0.0408. The van der Waals surface area contributed by atoms with E-state index in [9.17, 15) is 66.1 Å². The number of aliphatic hydroxyl groups is 12. The summed E-state index contributed by atoms with van der Waals surface area (Å²) in [5.41, 5.74) is 0. The lowest BCUT2D eigenvalue weighted by atomic mass is 9.93. The summed E-state index contributed by atoms with van der Waals surface area (Å²) in [7, 11) is 2.21. The van der Waals surface area contributed by atoms with Gasteiger partial charge in [-0.3, -0.25) is 4.79 Å². The van der Waals surface area contributed by atoms with Crippen LogP contribution in [-0.4, -0.2) is 212 Å². The molecule has 16 unspecified atom stereocenters. The van der Waals surface area contributed by atoms with Gasteiger partial charge in [0.25, 0.3) is 0 Å². The molecule has 18 atom stereocenters. The Balaban J connectivity index is 2.29. The van der Waals surface area contributed by atoms with Crippen LogP contribution < -0.4 is 5.32 Å². The molecule has 2 saturated heterocycles. The highest BCUT2D eigenvalue weighted by Gasteiger charge is 2.50. The third-order valence-electron chi connectivity index (χ3n) is 8.36. The van der Waals surface area contributed by atoms with Gasteiger partial charge >= 0.3 is 0 Å². The van der Waals surface area contributed by atoms with Crippen LogP contribution in [0.4, 0.5) is 0 Å². The van der Waals surface area contributed by atoms with Crippen LogP contribution in [0.1, 0.15) is 13.8 Å². The number of nitrogens with one attached hydrogen (secondary N) is 1. The standard InChI is InChI=1S/C29H53NO20/c1-11(15(37)8-32)19(38)22(41)29(45-4)49-24-18(30-12(2)35)28(48-17(10-34)20(24)39)46-13(7-31)5-6-14(36)27(44-3)50-25-21(40)16(9-33)47-26(43)23(25)42/h5-6,11,13-29,31-34,36-43H,7-10H2,1-4H3,(H,30,35)/b6-5+/t11?,13-,14?,15+,16?,17?,18?,19?,20?,21?,22?,23?,24?,25?,26?,27?,28?,29?/m0/s1. The van der Waals surface area contributed by atoms with Crippen LogP contribution in [0.3, 0.4) is 0 Å². The molecule has 2 fully saturated rings. The highest BCUT2D eigenvalue weighted by atomic mass is 16.7. The molecule has 1 amide bonds. The van der Waals surface area contributed by atoms with Gasteiger partial charge < -0.3 is 99.8 Å². The Hall–Kier alpha value is -1.55. The maximum Gasteiger partial charge on any atom is 0.217 e. The first-order chi connectivity index (χ1) is 23.6. The number of amides is 1. The minimum Gasteiger partial charge on any atom is -0.394 e. The van der Waals surface area contributed by atoms with Crippen molar-refractivity contribution < 1.29 is 99.2 Å². The number of methoxy groups -OCH3 is 2. The van der Waals surface area contributed by atoms with Gasteiger partial charge in [-0.25, -0.2) is 0 Å². The molecule has 0 aliphatic carbocycles. The minimum absolute atomic E-state index is 0.678. The lowest BCUT2D eigenvalue weighted by Crippen LogP contribution is -2.67. The van der Waals surface area contributed by atoms with Crippen molar-refractivity contribution in [3.8, 4) is 0 Å². The van der Waals surface area contributed by atoms with E-state index in [1.807, 2.05) is 0 Å². The van der Waals surface area contributed by atoms with E-state index in [1.165, 1.54) is 6.92 Å². The number of carbonyl (C=O) groups excluding carboxylic acids is 1. The maximum atomic E-state index is 12.2. The first-order valence-electron chi connectivity index (χ1n) is 15.8. The van der Waals surface area contributed by atoms with E-state index < -0.39 is 143 Å². The Labute approximate surface area is 287 Å². The van der Waals surface area contributed by atoms with Gasteiger partial charge in [0.1, 0.15) is 67.1 Å². The second kappa shape index (κ2) is 21.2. The zero-order chi connectivity index (χ0) is 37.9. The van der Waals surface area contributed by atoms with E-state index in [0.29, 0.717) is 0 Å². The van der Waals surface area contributed by atoms with Crippen molar-refractivity contribution in [2.24, 2.45) is 5.92 Å². The van der Waals surface area contributed by atoms with Gasteiger partial charge in [-0.15, -0.1) is 0 Å². The number of carbonyl (C=O) groups is 1. The van der Waals surface area contributed by atoms with Crippen molar-refractivity contribution >= 4 is 5.91 Å². The number of rotatable bonds is 20. The Kier molecular flexibility index (Phi) is 18.9. The van der Waals surface area contributed by atoms with Gasteiger partial charge in [0.2, 0.25) is 5.91 Å². The molecule has 0 aromatic rings. The Morgan fingerprint density at radius 2 is 1.32 bits per heavy atom. The van der Waals surface area contributed by atoms with E-state index in [4.69, 9.17) is 33.2 Å². The predicted octanol–water partition coefficient (Wildman–Crippen LogP) is -7.28. The fourth-order valence-corrected chi connectivity index (χ4v) is 5.34. The van der Waals surface area contributed by atoms with E-state index >= 15 is 0 Å². The first-order valence-corrected chi connectivity index (χ1v) is 15.8. The molecule has 0 aromatic heterocycles. The van der Waals surface area contributed by atoms with E-state index in [2.05, 4.69) is 5.32 Å². The van der Waals surface area contributed by atoms with Crippen molar-refractivity contribution in [1.29, 1.82) is 0 Å². The Bertz CT molecular complexity index is 1010. The van der Waals surface area contributed by atoms with Crippen LogP contribution in [0.25, 0.3) is 0 Å². The molecule has 0 radical (unpaired) electrons. The molecular formula is C29H53NO20. The average Bonchev–Trinajstić information content (AvgIpc) is 3.10. The number of hydrogen-bond acceptors (Lipinski definition) is 20. The average molecular weight is 736 g/mol. The van der Waals surface area contributed by atoms with Crippen LogP contribution in [-0.2, 0) is 38.0 Å². The summed E-state index contributed by atoms with van der Waals surface area (Å²) >= 11 is 0. The van der Waals surface area contributed by atoms with Gasteiger partial charge in [-0.05, 0) is 0 Å². The summed E-state index contributed by atoms with van der Waals surface area (Å²) < 4.78 is 38.0. The molecule has 0 saturated carbocycles. The molecule has 0 bridgehead atoms. The van der Waals surface area contributed by atoms with Crippen LogP contribution in [0.2, 0.25) is 0 Å². The summed E-state index contributed by atoms with van der Waals surface area (Å²) in [5, 5.41) is 125. The van der Waals surface area contributed by atoms with Crippen LogP contribution >= 0.6 is 0 Å². The Morgan fingerprint density at radius 1 is 0.760 bits per heavy atom. The SMILES string of the molecule is COC(OC1C(O)C(O)OC(CO)C1O)C(O)/C=C/[C@@H](CO)OC1OC(CO)C(O)C(OC(OC)C(O)C(O)C(C)[C@H](O)CO)C1NC(C)=O. The highest BCUT2D eigenvalue weighted by molar-refractivity contribution is 5.73. The summed E-state index contributed by atoms with van der Waals surface area (Å²) in [6, 6.07) is -1.43. The Morgan fingerprint density at radius 3 is 1.84 bits per heavy atom. The second-order valence-electron chi connectivity index (χ2n) is 11.9. The van der Waals surface area contributed by atoms with Crippen LogP contribution in [0.15, 0.2) is 12.2 Å². The summed E-state index contributed by atoms with van der Waals surface area (Å²) in [6.07, 6.45) is -23.7. The number of ether oxygens (including phenoxy) is 7. The molecule has 0 spiro atoms. The van der Waals surface area contributed by atoms with Gasteiger partial charge in [0.05, 0.1) is 38.6 Å². The topological polar surface area (TPSA) is 336 Å². The normalized spacial score (nSPS) is 35.5. The van der Waals surface area contributed by atoms with Gasteiger partial charge in [0, 0.05) is 27.1 Å². The van der Waals surface area contributed by atoms with Gasteiger partial charge in [-0.1, -0.05) is 19.1 Å². The summed E-state index contributed by atoms with van der Waals surface area (Å²) in [4.78, 5) is 12.2. The maximum absolute atomic E-state index is 12.2. The molecule has 21 nitrogen and oxygen atoms in total. The minimum atomic E-state index is -1.87. The van der Waals surface area contributed by atoms with Gasteiger partial charge in [-0.2, -0.15) is 0 Å². The fraction of sp³-hybridized carbons (Fsp3) is 0.897. The molecule has 2 aliphatic rings. The van der Waals surface area contributed by atoms with Crippen LogP contribution in [0, 0.1) is 5.92 Å². The molecule has 2 aliphatic heterocycles. The molecule has 0 aromatic carbocycles. The lowest BCUT2D eigenvalue weighted by Gasteiger charge is -2.46. The van der Waals surface area contributed by atoms with E-state index in [1.54, 1.807) is 0 Å². The van der Waals surface area contributed by atoms with Crippen LogP contribution in [0.5, 0.6) is 0 Å². The lowest BCUT2D eigenvalue weighted by molar-refractivity contribution is -0.321. The summed E-state index contributed by atoms with van der Waals surface area (Å²) in [6.45, 7) is -0.584. The monoisotopic (exact) mass is 735 g/mol. The van der Waals surface area contributed by atoms with E-state index in [-0.39, 0.29) is 0 Å². The number of hydrogen-bond donors (Lipinski definition) is 13. The first kappa shape index (κ1) is 44.6. The van der Waals surface area contributed by atoms with Crippen molar-refractivity contribution in [3.05, 3.63) is 12.2 Å². The molecule has 21 heteroatoms. The highest BCUT2D eigenvalue weighted by Crippen LogP contribution is 2.29. The van der Waals surface area contributed by atoms with Crippen molar-refractivity contribution in [1.82, 2.24) is 5.32 Å². The third-order valence-corrected chi connectivity index (χ3v) is 8.36. The molecular weight excluding hydrogens is 682 g/mol. The summed E-state index contributed by atoms with van der Waals surface area (Å²) in [5.74, 6) is -1.75. The van der Waals surface area contributed by atoms with E-state index in [0.717, 1.165) is 33.3 Å². The molecule has 2 heterocycles. The molecule has 13 N–H and O–H groups in total. The van der Waals surface area contributed by atoms with Crippen molar-refractivity contribution in [2.45, 2.75) is 118 Å². The number of aliphatic hydroxyl groups excluding tert-OH is 12. The van der Waals surface area contributed by atoms with Gasteiger partial charge in [0.15, 0.2) is 25.2 Å². The predicted molar refractivity (Wildman–Crippen MR) is 162 cm³/mol. The largest absolute Gasteiger partial charge is 0.394 e. The van der Waals surface area contributed by atoms with Crippen molar-refractivity contribution in [3.63, 3.8) is 0 Å². The zero-order valence-electron chi connectivity index (χ0n) is 28.0. The molecule has 50 heavy (non-hydrogen) atoms. The van der Waals surface area contributed by atoms with Crippen molar-refractivity contribution in [2.75, 3.05) is 40.6 Å². The zero-order valence-corrected chi connectivity index (χ0v) is 28.0. The second-order valence-corrected chi connectivity index (χ2v) is 11.9. The fourth-order valence-electron chi connectivity index (χ4n) is 5.34. The molecule has 2 rings (SSSR count).